The third-order valence-corrected chi connectivity index (χ3v) is 4.45. The third-order valence-electron chi connectivity index (χ3n) is 4.45. The number of likely N-dealkylation sites (tertiary alicyclic amines) is 1. The SMILES string of the molecule is Nc1ccncc1-c1cncn1C1CCN(C2CC2)C1. The van der Waals surface area contributed by atoms with E-state index in [0.29, 0.717) is 6.04 Å². The average molecular weight is 269 g/mol. The first-order valence-corrected chi connectivity index (χ1v) is 7.28. The molecule has 0 amide bonds. The fourth-order valence-corrected chi connectivity index (χ4v) is 3.19. The van der Waals surface area contributed by atoms with Gasteiger partial charge in [-0.3, -0.25) is 9.88 Å². The lowest BCUT2D eigenvalue weighted by atomic mass is 10.1. The molecule has 5 heteroatoms. The average Bonchev–Trinajstić information content (AvgIpc) is 3.01. The van der Waals surface area contributed by atoms with Crippen LogP contribution in [-0.2, 0) is 0 Å². The molecule has 0 spiro atoms. The minimum Gasteiger partial charge on any atom is -0.398 e. The highest BCUT2D eigenvalue weighted by Crippen LogP contribution is 2.35. The van der Waals surface area contributed by atoms with E-state index >= 15 is 0 Å². The second kappa shape index (κ2) is 4.59. The van der Waals surface area contributed by atoms with Crippen molar-refractivity contribution in [2.45, 2.75) is 31.3 Å². The maximum absolute atomic E-state index is 6.07. The van der Waals surface area contributed by atoms with Crippen LogP contribution in [0.25, 0.3) is 11.3 Å². The summed E-state index contributed by atoms with van der Waals surface area (Å²) in [5.41, 5.74) is 8.90. The lowest BCUT2D eigenvalue weighted by molar-refractivity contribution is 0.314. The molecule has 3 heterocycles. The smallest absolute Gasteiger partial charge is 0.0954 e. The molecule has 5 nitrogen and oxygen atoms in total. The molecule has 1 aliphatic heterocycles. The predicted octanol–water partition coefficient (Wildman–Crippen LogP) is 1.94. The Morgan fingerprint density at radius 3 is 2.80 bits per heavy atom. The highest BCUT2D eigenvalue weighted by molar-refractivity contribution is 5.72. The van der Waals surface area contributed by atoms with Crippen molar-refractivity contribution in [3.63, 3.8) is 0 Å². The van der Waals surface area contributed by atoms with Crippen molar-refractivity contribution in [2.75, 3.05) is 18.8 Å². The van der Waals surface area contributed by atoms with E-state index in [0.717, 1.165) is 29.5 Å². The summed E-state index contributed by atoms with van der Waals surface area (Å²) >= 11 is 0. The van der Waals surface area contributed by atoms with E-state index in [-0.39, 0.29) is 0 Å². The van der Waals surface area contributed by atoms with Gasteiger partial charge in [0.2, 0.25) is 0 Å². The minimum absolute atomic E-state index is 0.507. The van der Waals surface area contributed by atoms with Crippen LogP contribution in [-0.4, -0.2) is 38.6 Å². The zero-order valence-corrected chi connectivity index (χ0v) is 11.4. The number of pyridine rings is 1. The monoisotopic (exact) mass is 269 g/mol. The zero-order chi connectivity index (χ0) is 13.5. The van der Waals surface area contributed by atoms with Crippen LogP contribution in [0.3, 0.4) is 0 Å². The standard InChI is InChI=1S/C15H19N5/c16-14-3-5-17-7-13(14)15-8-18-10-20(15)12-4-6-19(9-12)11-1-2-11/h3,5,7-8,10-12H,1-2,4,6,9H2,(H2,16,17). The lowest BCUT2D eigenvalue weighted by Crippen LogP contribution is -2.23. The molecular weight excluding hydrogens is 250 g/mol. The van der Waals surface area contributed by atoms with Crippen LogP contribution in [0.1, 0.15) is 25.3 Å². The Morgan fingerprint density at radius 1 is 1.10 bits per heavy atom. The summed E-state index contributed by atoms with van der Waals surface area (Å²) in [5.74, 6) is 0. The van der Waals surface area contributed by atoms with E-state index in [2.05, 4.69) is 19.4 Å². The van der Waals surface area contributed by atoms with Crippen molar-refractivity contribution in [3.8, 4) is 11.3 Å². The topological polar surface area (TPSA) is 60.0 Å². The number of nitrogen functional groups attached to an aromatic ring is 1. The molecule has 1 atom stereocenters. The molecule has 0 radical (unpaired) electrons. The Hall–Kier alpha value is -1.88. The molecule has 4 rings (SSSR count). The van der Waals surface area contributed by atoms with E-state index in [1.807, 2.05) is 24.8 Å². The third kappa shape index (κ3) is 1.98. The maximum Gasteiger partial charge on any atom is 0.0954 e. The summed E-state index contributed by atoms with van der Waals surface area (Å²) in [7, 11) is 0. The molecule has 20 heavy (non-hydrogen) atoms. The fraction of sp³-hybridized carbons (Fsp3) is 0.467. The summed E-state index contributed by atoms with van der Waals surface area (Å²) in [6.07, 6.45) is 11.3. The molecule has 1 unspecified atom stereocenters. The van der Waals surface area contributed by atoms with Gasteiger partial charge in [0.05, 0.1) is 18.2 Å². The first-order chi connectivity index (χ1) is 9.83. The predicted molar refractivity (Wildman–Crippen MR) is 78.1 cm³/mol. The van der Waals surface area contributed by atoms with E-state index in [9.17, 15) is 0 Å². The summed E-state index contributed by atoms with van der Waals surface area (Å²) < 4.78 is 2.27. The van der Waals surface area contributed by atoms with Gasteiger partial charge in [-0.1, -0.05) is 0 Å². The van der Waals surface area contributed by atoms with E-state index < -0.39 is 0 Å². The highest BCUT2D eigenvalue weighted by atomic mass is 15.2. The van der Waals surface area contributed by atoms with Crippen LogP contribution in [0.5, 0.6) is 0 Å². The van der Waals surface area contributed by atoms with Crippen LogP contribution in [0.2, 0.25) is 0 Å². The zero-order valence-electron chi connectivity index (χ0n) is 11.4. The van der Waals surface area contributed by atoms with Crippen LogP contribution in [0.15, 0.2) is 31.0 Å². The number of hydrogen-bond donors (Lipinski definition) is 1. The molecule has 2 aliphatic rings. The molecule has 0 aromatic carbocycles. The van der Waals surface area contributed by atoms with Crippen molar-refractivity contribution in [2.24, 2.45) is 0 Å². The van der Waals surface area contributed by atoms with Gasteiger partial charge in [-0.25, -0.2) is 4.98 Å². The summed E-state index contributed by atoms with van der Waals surface area (Å²) in [4.78, 5) is 11.1. The van der Waals surface area contributed by atoms with Gasteiger partial charge in [0.1, 0.15) is 0 Å². The van der Waals surface area contributed by atoms with Crippen molar-refractivity contribution < 1.29 is 0 Å². The van der Waals surface area contributed by atoms with Crippen molar-refractivity contribution in [1.29, 1.82) is 0 Å². The molecule has 2 aromatic rings. The molecule has 104 valence electrons. The number of nitrogens with zero attached hydrogens (tertiary/aromatic N) is 4. The van der Waals surface area contributed by atoms with Gasteiger partial charge in [0.15, 0.2) is 0 Å². The second-order valence-electron chi connectivity index (χ2n) is 5.82. The van der Waals surface area contributed by atoms with E-state index in [4.69, 9.17) is 5.73 Å². The number of rotatable bonds is 3. The van der Waals surface area contributed by atoms with Gasteiger partial charge < -0.3 is 10.3 Å². The van der Waals surface area contributed by atoms with Crippen LogP contribution < -0.4 is 5.73 Å². The quantitative estimate of drug-likeness (QED) is 0.925. The van der Waals surface area contributed by atoms with Gasteiger partial charge in [0, 0.05) is 48.8 Å². The summed E-state index contributed by atoms with van der Waals surface area (Å²) in [5, 5.41) is 0. The van der Waals surface area contributed by atoms with Gasteiger partial charge in [-0.2, -0.15) is 0 Å². The lowest BCUT2D eigenvalue weighted by Gasteiger charge is -2.18. The first kappa shape index (κ1) is 11.9. The van der Waals surface area contributed by atoms with Gasteiger partial charge in [-0.15, -0.1) is 0 Å². The van der Waals surface area contributed by atoms with Gasteiger partial charge in [-0.05, 0) is 25.3 Å². The van der Waals surface area contributed by atoms with E-state index in [1.165, 1.54) is 25.8 Å². The van der Waals surface area contributed by atoms with Crippen LogP contribution >= 0.6 is 0 Å². The van der Waals surface area contributed by atoms with Gasteiger partial charge in [0.25, 0.3) is 0 Å². The second-order valence-corrected chi connectivity index (χ2v) is 5.82. The van der Waals surface area contributed by atoms with Crippen molar-refractivity contribution in [1.82, 2.24) is 19.4 Å². The number of nitrogens with two attached hydrogens (primary N) is 1. The molecule has 2 N–H and O–H groups in total. The van der Waals surface area contributed by atoms with Crippen molar-refractivity contribution >= 4 is 5.69 Å². The Morgan fingerprint density at radius 2 is 2.00 bits per heavy atom. The fourth-order valence-electron chi connectivity index (χ4n) is 3.19. The van der Waals surface area contributed by atoms with Crippen LogP contribution in [0, 0.1) is 0 Å². The molecule has 1 saturated heterocycles. The summed E-state index contributed by atoms with van der Waals surface area (Å²) in [6, 6.07) is 3.20. The Labute approximate surface area is 118 Å². The molecule has 2 fully saturated rings. The number of anilines is 1. The normalized spacial score (nSPS) is 23.3. The Balaban J connectivity index is 1.64. The Kier molecular flexibility index (Phi) is 2.73. The number of aromatic nitrogens is 3. The molecular formula is C15H19N5. The molecule has 1 saturated carbocycles. The molecule has 0 bridgehead atoms. The number of imidazole rings is 1. The van der Waals surface area contributed by atoms with Crippen LogP contribution in [0.4, 0.5) is 5.69 Å². The minimum atomic E-state index is 0.507. The Bertz CT molecular complexity index is 616. The maximum atomic E-state index is 6.07. The summed E-state index contributed by atoms with van der Waals surface area (Å²) in [6.45, 7) is 2.34. The largest absolute Gasteiger partial charge is 0.398 e. The van der Waals surface area contributed by atoms with Gasteiger partial charge >= 0.3 is 0 Å². The number of hydrogen-bond acceptors (Lipinski definition) is 4. The molecule has 2 aromatic heterocycles. The molecule has 1 aliphatic carbocycles. The first-order valence-electron chi connectivity index (χ1n) is 7.28. The van der Waals surface area contributed by atoms with Crippen molar-refractivity contribution in [3.05, 3.63) is 31.0 Å². The highest BCUT2D eigenvalue weighted by Gasteiger charge is 2.35. The van der Waals surface area contributed by atoms with E-state index in [1.54, 1.807) is 6.20 Å².